The molecule has 0 spiro atoms. The SMILES string of the molecule is CCNC(=NCC(O)c1cc(Cl)cc(Cl)c1)NCCc1ncc(CC)s1. The van der Waals surface area contributed by atoms with E-state index in [1.165, 1.54) is 4.88 Å². The zero-order valence-electron chi connectivity index (χ0n) is 14.9. The molecule has 8 heteroatoms. The Bertz CT molecular complexity index is 715. The van der Waals surface area contributed by atoms with Crippen molar-refractivity contribution in [2.75, 3.05) is 19.6 Å². The minimum atomic E-state index is -0.771. The average Bonchev–Trinajstić information content (AvgIpc) is 3.06. The maximum atomic E-state index is 10.3. The fourth-order valence-corrected chi connectivity index (χ4v) is 3.71. The smallest absolute Gasteiger partial charge is 0.191 e. The number of benzene rings is 1. The number of nitrogens with zero attached hydrogens (tertiary/aromatic N) is 2. The zero-order valence-corrected chi connectivity index (χ0v) is 17.3. The summed E-state index contributed by atoms with van der Waals surface area (Å²) in [5.41, 5.74) is 0.650. The van der Waals surface area contributed by atoms with Gasteiger partial charge in [0, 0.05) is 40.6 Å². The molecule has 1 aromatic carbocycles. The summed E-state index contributed by atoms with van der Waals surface area (Å²) in [5, 5.41) is 18.9. The quantitative estimate of drug-likeness (QED) is 0.453. The standard InChI is InChI=1S/C18H24Cl2N4OS/c1-3-15-10-23-17(26-15)5-6-22-18(21-4-2)24-11-16(25)12-7-13(19)9-14(20)8-12/h7-10,16,25H,3-6,11H2,1-2H3,(H2,21,22,24). The Morgan fingerprint density at radius 2 is 1.96 bits per heavy atom. The molecule has 1 aromatic heterocycles. The molecule has 0 aliphatic carbocycles. The van der Waals surface area contributed by atoms with Crippen LogP contribution in [0, 0.1) is 0 Å². The lowest BCUT2D eigenvalue weighted by Gasteiger charge is -2.13. The number of nitrogens with one attached hydrogen (secondary N) is 2. The molecule has 0 radical (unpaired) electrons. The van der Waals surface area contributed by atoms with E-state index in [4.69, 9.17) is 23.2 Å². The fraction of sp³-hybridized carbons (Fsp3) is 0.444. The molecule has 0 saturated carbocycles. The van der Waals surface area contributed by atoms with Gasteiger partial charge in [-0.05, 0) is 37.1 Å². The Labute approximate surface area is 168 Å². The Hall–Kier alpha value is -1.34. The number of aliphatic hydroxyl groups excluding tert-OH is 1. The number of aliphatic imine (C=N–C) groups is 1. The first kappa shape index (κ1) is 21.0. The Kier molecular flexibility index (Phi) is 8.65. The van der Waals surface area contributed by atoms with Crippen LogP contribution in [0.25, 0.3) is 0 Å². The zero-order chi connectivity index (χ0) is 18.9. The van der Waals surface area contributed by atoms with Crippen LogP contribution in [0.1, 0.15) is 35.4 Å². The molecule has 2 rings (SSSR count). The molecule has 0 amide bonds. The van der Waals surface area contributed by atoms with Gasteiger partial charge in [0.05, 0.1) is 17.7 Å². The van der Waals surface area contributed by atoms with Crippen LogP contribution in [0.15, 0.2) is 29.4 Å². The van der Waals surface area contributed by atoms with Gasteiger partial charge in [0.1, 0.15) is 0 Å². The van der Waals surface area contributed by atoms with Crippen LogP contribution in [-0.2, 0) is 12.8 Å². The van der Waals surface area contributed by atoms with Crippen LogP contribution in [0.2, 0.25) is 10.0 Å². The number of aryl methyl sites for hydroxylation is 1. The van der Waals surface area contributed by atoms with Gasteiger partial charge < -0.3 is 15.7 Å². The summed E-state index contributed by atoms with van der Waals surface area (Å²) in [4.78, 5) is 10.2. The molecule has 3 N–H and O–H groups in total. The fourth-order valence-electron chi connectivity index (χ4n) is 2.31. The lowest BCUT2D eigenvalue weighted by atomic mass is 10.1. The van der Waals surface area contributed by atoms with E-state index in [0.29, 0.717) is 21.6 Å². The average molecular weight is 415 g/mol. The van der Waals surface area contributed by atoms with Gasteiger partial charge in [-0.15, -0.1) is 11.3 Å². The van der Waals surface area contributed by atoms with Crippen molar-refractivity contribution in [1.29, 1.82) is 0 Å². The third kappa shape index (κ3) is 6.76. The molecular formula is C18H24Cl2N4OS. The summed E-state index contributed by atoms with van der Waals surface area (Å²) in [6, 6.07) is 5.03. The second-order valence-corrected chi connectivity index (χ2v) is 7.76. The minimum Gasteiger partial charge on any atom is -0.386 e. The summed E-state index contributed by atoms with van der Waals surface area (Å²) in [6.45, 7) is 5.80. The second kappa shape index (κ2) is 10.7. The van der Waals surface area contributed by atoms with E-state index < -0.39 is 6.10 Å². The van der Waals surface area contributed by atoms with E-state index in [1.54, 1.807) is 29.5 Å². The van der Waals surface area contributed by atoms with Crippen molar-refractivity contribution in [2.45, 2.75) is 32.8 Å². The molecule has 0 aliphatic rings. The molecule has 142 valence electrons. The first-order valence-electron chi connectivity index (χ1n) is 8.61. The third-order valence-corrected chi connectivity index (χ3v) is 5.26. The highest BCUT2D eigenvalue weighted by Crippen LogP contribution is 2.23. The number of rotatable bonds is 8. The Balaban J connectivity index is 1.90. The molecule has 1 heterocycles. The van der Waals surface area contributed by atoms with E-state index in [1.807, 2.05) is 13.1 Å². The first-order valence-corrected chi connectivity index (χ1v) is 10.2. The predicted molar refractivity (Wildman–Crippen MR) is 111 cm³/mol. The van der Waals surface area contributed by atoms with E-state index >= 15 is 0 Å². The van der Waals surface area contributed by atoms with Crippen LogP contribution in [-0.4, -0.2) is 35.7 Å². The van der Waals surface area contributed by atoms with Crippen molar-refractivity contribution in [3.05, 3.63) is 49.9 Å². The van der Waals surface area contributed by atoms with Gasteiger partial charge in [-0.25, -0.2) is 4.98 Å². The molecule has 0 bridgehead atoms. The number of aromatic nitrogens is 1. The molecule has 0 aliphatic heterocycles. The van der Waals surface area contributed by atoms with E-state index in [9.17, 15) is 5.11 Å². The van der Waals surface area contributed by atoms with Crippen molar-refractivity contribution >= 4 is 40.5 Å². The van der Waals surface area contributed by atoms with E-state index in [0.717, 1.165) is 30.9 Å². The maximum Gasteiger partial charge on any atom is 0.191 e. The van der Waals surface area contributed by atoms with E-state index in [2.05, 4.69) is 27.5 Å². The summed E-state index contributed by atoms with van der Waals surface area (Å²) >= 11 is 13.7. The Morgan fingerprint density at radius 3 is 2.58 bits per heavy atom. The molecule has 0 saturated heterocycles. The van der Waals surface area contributed by atoms with Crippen LogP contribution in [0.3, 0.4) is 0 Å². The molecule has 2 aromatic rings. The molecule has 5 nitrogen and oxygen atoms in total. The highest BCUT2D eigenvalue weighted by atomic mass is 35.5. The minimum absolute atomic E-state index is 0.212. The lowest BCUT2D eigenvalue weighted by molar-refractivity contribution is 0.187. The number of aliphatic hydroxyl groups is 1. The topological polar surface area (TPSA) is 69.5 Å². The van der Waals surface area contributed by atoms with Gasteiger partial charge >= 0.3 is 0 Å². The summed E-state index contributed by atoms with van der Waals surface area (Å²) in [7, 11) is 0. The molecular weight excluding hydrogens is 391 g/mol. The van der Waals surface area contributed by atoms with Crippen molar-refractivity contribution in [1.82, 2.24) is 15.6 Å². The summed E-state index contributed by atoms with van der Waals surface area (Å²) < 4.78 is 0. The van der Waals surface area contributed by atoms with Crippen molar-refractivity contribution < 1.29 is 5.11 Å². The largest absolute Gasteiger partial charge is 0.386 e. The number of thiazole rings is 1. The maximum absolute atomic E-state index is 10.3. The number of guanidine groups is 1. The van der Waals surface area contributed by atoms with Crippen molar-refractivity contribution in [2.24, 2.45) is 4.99 Å². The number of halogens is 2. The molecule has 1 atom stereocenters. The first-order chi connectivity index (χ1) is 12.5. The normalized spacial score (nSPS) is 12.9. The third-order valence-electron chi connectivity index (χ3n) is 3.62. The van der Waals surface area contributed by atoms with Crippen molar-refractivity contribution in [3.63, 3.8) is 0 Å². The van der Waals surface area contributed by atoms with Gasteiger partial charge in [-0.3, -0.25) is 4.99 Å². The highest BCUT2D eigenvalue weighted by molar-refractivity contribution is 7.11. The van der Waals surface area contributed by atoms with Gasteiger partial charge in [-0.1, -0.05) is 30.1 Å². The lowest BCUT2D eigenvalue weighted by Crippen LogP contribution is -2.38. The van der Waals surface area contributed by atoms with Crippen LogP contribution >= 0.6 is 34.5 Å². The summed E-state index contributed by atoms with van der Waals surface area (Å²) in [5.74, 6) is 0.659. The second-order valence-electron chi connectivity index (χ2n) is 5.69. The number of hydrogen-bond donors (Lipinski definition) is 3. The molecule has 26 heavy (non-hydrogen) atoms. The van der Waals surface area contributed by atoms with Crippen LogP contribution in [0.5, 0.6) is 0 Å². The van der Waals surface area contributed by atoms with Gasteiger partial charge in [0.2, 0.25) is 0 Å². The predicted octanol–water partition coefficient (Wildman–Crippen LogP) is 3.84. The number of hydrogen-bond acceptors (Lipinski definition) is 4. The van der Waals surface area contributed by atoms with Gasteiger partial charge in [0.15, 0.2) is 5.96 Å². The van der Waals surface area contributed by atoms with Crippen LogP contribution < -0.4 is 10.6 Å². The molecule has 1 unspecified atom stereocenters. The highest BCUT2D eigenvalue weighted by Gasteiger charge is 2.10. The monoisotopic (exact) mass is 414 g/mol. The summed E-state index contributed by atoms with van der Waals surface area (Å²) in [6.07, 6.45) is 3.02. The Morgan fingerprint density at radius 1 is 1.23 bits per heavy atom. The van der Waals surface area contributed by atoms with Gasteiger partial charge in [-0.2, -0.15) is 0 Å². The molecule has 0 fully saturated rings. The van der Waals surface area contributed by atoms with Gasteiger partial charge in [0.25, 0.3) is 0 Å². The van der Waals surface area contributed by atoms with Crippen LogP contribution in [0.4, 0.5) is 0 Å². The van der Waals surface area contributed by atoms with E-state index in [-0.39, 0.29) is 6.54 Å². The van der Waals surface area contributed by atoms with Crippen molar-refractivity contribution in [3.8, 4) is 0 Å².